The molecule has 0 radical (unpaired) electrons. The van der Waals surface area contributed by atoms with Gasteiger partial charge in [0.05, 0.1) is 5.56 Å². The van der Waals surface area contributed by atoms with Crippen LogP contribution in [0.2, 0.25) is 0 Å². The van der Waals surface area contributed by atoms with E-state index in [1.165, 1.54) is 13.0 Å². The number of aldehydes is 1. The van der Waals surface area contributed by atoms with Crippen molar-refractivity contribution >= 4 is 12.1 Å². The first-order chi connectivity index (χ1) is 9.02. The lowest BCUT2D eigenvalue weighted by Crippen LogP contribution is -1.92. The van der Waals surface area contributed by atoms with E-state index in [2.05, 4.69) is 0 Å². The van der Waals surface area contributed by atoms with E-state index in [1.807, 2.05) is 0 Å². The molecular weight excluding hydrogens is 247 g/mol. The number of hydrogen-bond donors (Lipinski definition) is 1. The molecule has 2 aromatic carbocycles. The largest absolute Gasteiger partial charge is 0.504 e. The van der Waals surface area contributed by atoms with E-state index in [4.69, 9.17) is 0 Å². The van der Waals surface area contributed by atoms with Gasteiger partial charge in [0.25, 0.3) is 0 Å². The van der Waals surface area contributed by atoms with Crippen molar-refractivity contribution in [3.8, 4) is 16.9 Å². The number of benzene rings is 2. The highest BCUT2D eigenvalue weighted by Gasteiger charge is 2.10. The Balaban J connectivity index is 2.50. The fourth-order valence-electron chi connectivity index (χ4n) is 1.77. The van der Waals surface area contributed by atoms with Gasteiger partial charge >= 0.3 is 0 Å². The molecular formula is C15H11FO3. The molecule has 0 bridgehead atoms. The summed E-state index contributed by atoms with van der Waals surface area (Å²) >= 11 is 0. The minimum absolute atomic E-state index is 0.0583. The summed E-state index contributed by atoms with van der Waals surface area (Å²) in [4.78, 5) is 21.9. The molecule has 0 atom stereocenters. The van der Waals surface area contributed by atoms with E-state index in [-0.39, 0.29) is 11.3 Å². The molecule has 0 aromatic heterocycles. The van der Waals surface area contributed by atoms with Gasteiger partial charge in [-0.05, 0) is 30.2 Å². The maximum Gasteiger partial charge on any atom is 0.166 e. The van der Waals surface area contributed by atoms with Gasteiger partial charge in [-0.1, -0.05) is 24.3 Å². The van der Waals surface area contributed by atoms with Crippen molar-refractivity contribution in [1.82, 2.24) is 0 Å². The Kier molecular flexibility index (Phi) is 3.42. The average Bonchev–Trinajstić information content (AvgIpc) is 2.41. The number of carbonyl (C=O) groups is 2. The molecule has 0 unspecified atom stereocenters. The van der Waals surface area contributed by atoms with Gasteiger partial charge in [-0.3, -0.25) is 9.59 Å². The van der Waals surface area contributed by atoms with Crippen molar-refractivity contribution in [2.24, 2.45) is 0 Å². The number of aromatic hydroxyl groups is 1. The number of Topliss-reactive ketones (excluding diaryl/α,β-unsaturated/α-hetero) is 1. The smallest absolute Gasteiger partial charge is 0.166 e. The highest BCUT2D eigenvalue weighted by molar-refractivity contribution is 5.94. The molecule has 3 nitrogen and oxygen atoms in total. The molecule has 1 N–H and O–H groups in total. The molecule has 0 saturated heterocycles. The van der Waals surface area contributed by atoms with E-state index in [1.54, 1.807) is 24.3 Å². The van der Waals surface area contributed by atoms with Crippen molar-refractivity contribution in [2.45, 2.75) is 6.92 Å². The third-order valence-electron chi connectivity index (χ3n) is 2.84. The van der Waals surface area contributed by atoms with Gasteiger partial charge in [0.15, 0.2) is 23.6 Å². The third-order valence-corrected chi connectivity index (χ3v) is 2.84. The number of carbonyl (C=O) groups excluding carboxylic acids is 2. The second-order valence-corrected chi connectivity index (χ2v) is 4.15. The van der Waals surface area contributed by atoms with E-state index in [0.29, 0.717) is 23.0 Å². The van der Waals surface area contributed by atoms with Gasteiger partial charge in [0.2, 0.25) is 0 Å². The SMILES string of the molecule is CC(=O)c1ccc(-c2cc(F)c(O)c(C=O)c2)cc1. The molecule has 0 heterocycles. The van der Waals surface area contributed by atoms with Crippen molar-refractivity contribution in [1.29, 1.82) is 0 Å². The van der Waals surface area contributed by atoms with Crippen LogP contribution < -0.4 is 0 Å². The van der Waals surface area contributed by atoms with Gasteiger partial charge in [-0.15, -0.1) is 0 Å². The van der Waals surface area contributed by atoms with Gasteiger partial charge in [0, 0.05) is 5.56 Å². The van der Waals surface area contributed by atoms with Crippen LogP contribution in [0.4, 0.5) is 4.39 Å². The summed E-state index contributed by atoms with van der Waals surface area (Å²) in [7, 11) is 0. The summed E-state index contributed by atoms with van der Waals surface area (Å²) in [5, 5.41) is 9.33. The molecule has 96 valence electrons. The Hall–Kier alpha value is -2.49. The van der Waals surface area contributed by atoms with Crippen LogP contribution in [0.15, 0.2) is 36.4 Å². The average molecular weight is 258 g/mol. The Morgan fingerprint density at radius 1 is 1.16 bits per heavy atom. The molecule has 0 amide bonds. The molecule has 0 spiro atoms. The second kappa shape index (κ2) is 5.02. The number of phenolic OH excluding ortho intramolecular Hbond substituents is 1. The summed E-state index contributed by atoms with van der Waals surface area (Å²) in [5.41, 5.74) is 1.57. The van der Waals surface area contributed by atoms with E-state index in [0.717, 1.165) is 6.07 Å². The zero-order valence-electron chi connectivity index (χ0n) is 10.2. The zero-order chi connectivity index (χ0) is 14.0. The summed E-state index contributed by atoms with van der Waals surface area (Å²) in [6.07, 6.45) is 0.395. The summed E-state index contributed by atoms with van der Waals surface area (Å²) < 4.78 is 13.5. The molecule has 19 heavy (non-hydrogen) atoms. The van der Waals surface area contributed by atoms with Crippen LogP contribution in [0.5, 0.6) is 5.75 Å². The first kappa shape index (κ1) is 13.0. The molecule has 0 aliphatic heterocycles. The molecule has 0 fully saturated rings. The Morgan fingerprint density at radius 2 is 1.79 bits per heavy atom. The molecule has 4 heteroatoms. The van der Waals surface area contributed by atoms with Crippen LogP contribution in [0.1, 0.15) is 27.6 Å². The lowest BCUT2D eigenvalue weighted by molar-refractivity contribution is 0.101. The topological polar surface area (TPSA) is 54.4 Å². The van der Waals surface area contributed by atoms with Crippen molar-refractivity contribution in [3.63, 3.8) is 0 Å². The Bertz CT molecular complexity index is 645. The highest BCUT2D eigenvalue weighted by atomic mass is 19.1. The minimum atomic E-state index is -0.852. The van der Waals surface area contributed by atoms with Crippen molar-refractivity contribution in [3.05, 3.63) is 53.3 Å². The highest BCUT2D eigenvalue weighted by Crippen LogP contribution is 2.28. The van der Waals surface area contributed by atoms with Gasteiger partial charge in [0.1, 0.15) is 0 Å². The monoisotopic (exact) mass is 258 g/mol. The maximum absolute atomic E-state index is 13.5. The number of halogens is 1. The third kappa shape index (κ3) is 2.52. The van der Waals surface area contributed by atoms with Crippen LogP contribution in [-0.4, -0.2) is 17.2 Å². The van der Waals surface area contributed by atoms with E-state index in [9.17, 15) is 19.1 Å². The minimum Gasteiger partial charge on any atom is -0.504 e. The standard InChI is InChI=1S/C15H11FO3/c1-9(18)10-2-4-11(5-3-10)12-6-13(8-17)15(19)14(16)7-12/h2-8,19H,1H3. The maximum atomic E-state index is 13.5. The first-order valence-corrected chi connectivity index (χ1v) is 5.62. The first-order valence-electron chi connectivity index (χ1n) is 5.62. The van der Waals surface area contributed by atoms with Crippen molar-refractivity contribution < 1.29 is 19.1 Å². The van der Waals surface area contributed by atoms with Gasteiger partial charge < -0.3 is 5.11 Å². The number of ketones is 1. The van der Waals surface area contributed by atoms with Crippen molar-refractivity contribution in [2.75, 3.05) is 0 Å². The van der Waals surface area contributed by atoms with E-state index >= 15 is 0 Å². The van der Waals surface area contributed by atoms with Gasteiger partial charge in [-0.2, -0.15) is 0 Å². The molecule has 2 rings (SSSR count). The predicted molar refractivity (Wildman–Crippen MR) is 68.9 cm³/mol. The fourth-order valence-corrected chi connectivity index (χ4v) is 1.77. The molecule has 0 saturated carbocycles. The summed E-state index contributed by atoms with van der Waals surface area (Å²) in [5.74, 6) is -1.56. The zero-order valence-corrected chi connectivity index (χ0v) is 10.2. The number of hydrogen-bond acceptors (Lipinski definition) is 3. The molecule has 0 aliphatic rings. The van der Waals surface area contributed by atoms with Crippen LogP contribution in [0, 0.1) is 5.82 Å². The fraction of sp³-hybridized carbons (Fsp3) is 0.0667. The lowest BCUT2D eigenvalue weighted by Gasteiger charge is -2.06. The molecule has 0 aliphatic carbocycles. The quantitative estimate of drug-likeness (QED) is 0.679. The Labute approximate surface area is 109 Å². The van der Waals surface area contributed by atoms with Crippen LogP contribution in [0.3, 0.4) is 0 Å². The van der Waals surface area contributed by atoms with Crippen LogP contribution in [0.25, 0.3) is 11.1 Å². The summed E-state index contributed by atoms with van der Waals surface area (Å²) in [6.45, 7) is 1.46. The lowest BCUT2D eigenvalue weighted by atomic mass is 10.0. The normalized spacial score (nSPS) is 10.2. The van der Waals surface area contributed by atoms with E-state index < -0.39 is 11.6 Å². The predicted octanol–water partition coefficient (Wildman–Crippen LogP) is 3.21. The summed E-state index contributed by atoms with van der Waals surface area (Å²) in [6, 6.07) is 9.12. The number of rotatable bonds is 3. The second-order valence-electron chi connectivity index (χ2n) is 4.15. The van der Waals surface area contributed by atoms with Gasteiger partial charge in [-0.25, -0.2) is 4.39 Å². The van der Waals surface area contributed by atoms with Crippen LogP contribution >= 0.6 is 0 Å². The van der Waals surface area contributed by atoms with Crippen LogP contribution in [-0.2, 0) is 0 Å². The molecule has 2 aromatic rings. The number of phenols is 1. The Morgan fingerprint density at radius 3 is 2.32 bits per heavy atom.